The van der Waals surface area contributed by atoms with Gasteiger partial charge in [-0.3, -0.25) is 4.79 Å². The maximum Gasteiger partial charge on any atom is 0.228 e. The molecule has 0 aromatic carbocycles. The van der Waals surface area contributed by atoms with E-state index in [4.69, 9.17) is 0 Å². The first-order chi connectivity index (χ1) is 5.99. The van der Waals surface area contributed by atoms with Gasteiger partial charge in [0.1, 0.15) is 0 Å². The van der Waals surface area contributed by atoms with Gasteiger partial charge in [0.15, 0.2) is 0 Å². The highest BCUT2D eigenvalue weighted by Gasteiger charge is 2.18. The number of amides is 1. The Morgan fingerprint density at radius 1 is 1.38 bits per heavy atom. The average molecular weight is 186 g/mol. The van der Waals surface area contributed by atoms with Gasteiger partial charge in [-0.25, -0.2) is 0 Å². The Labute approximate surface area is 79.3 Å². The van der Waals surface area contributed by atoms with Crippen molar-refractivity contribution >= 4 is 5.91 Å². The van der Waals surface area contributed by atoms with Crippen molar-refractivity contribution in [1.29, 1.82) is 0 Å². The molecule has 4 nitrogen and oxygen atoms in total. The van der Waals surface area contributed by atoms with Crippen LogP contribution in [0.25, 0.3) is 0 Å². The number of quaternary nitrogens is 1. The lowest BCUT2D eigenvalue weighted by molar-refractivity contribution is -0.839. The van der Waals surface area contributed by atoms with E-state index in [2.05, 4.69) is 0 Å². The molecule has 1 aliphatic rings. The standard InChI is InChI=1S/C9H18N2O2/c1-11(2,13)8-5-9(12)10-6-3-4-7-10/h3-8H2,1-2H3. The minimum atomic E-state index is -0.375. The lowest BCUT2D eigenvalue weighted by Crippen LogP contribution is -2.37. The van der Waals surface area contributed by atoms with Crippen LogP contribution >= 0.6 is 0 Å². The topological polar surface area (TPSA) is 43.4 Å². The maximum atomic E-state index is 11.5. The molecular formula is C9H18N2O2. The molecule has 1 aliphatic heterocycles. The van der Waals surface area contributed by atoms with E-state index >= 15 is 0 Å². The van der Waals surface area contributed by atoms with Crippen LogP contribution in [-0.2, 0) is 4.79 Å². The number of hydrogen-bond acceptors (Lipinski definition) is 2. The summed E-state index contributed by atoms with van der Waals surface area (Å²) in [5.41, 5.74) is 0. The quantitative estimate of drug-likeness (QED) is 0.478. The Morgan fingerprint density at radius 2 is 1.92 bits per heavy atom. The third-order valence-electron chi connectivity index (χ3n) is 2.32. The fourth-order valence-corrected chi connectivity index (χ4v) is 1.49. The smallest absolute Gasteiger partial charge is 0.228 e. The van der Waals surface area contributed by atoms with Crippen LogP contribution in [-0.4, -0.2) is 49.2 Å². The summed E-state index contributed by atoms with van der Waals surface area (Å²) in [7, 11) is 3.13. The van der Waals surface area contributed by atoms with E-state index in [-0.39, 0.29) is 10.6 Å². The van der Waals surface area contributed by atoms with Gasteiger partial charge in [-0.15, -0.1) is 0 Å². The molecule has 1 saturated heterocycles. The number of hydrogen-bond donors (Lipinski definition) is 0. The lowest BCUT2D eigenvalue weighted by Gasteiger charge is -2.33. The Bertz CT molecular complexity index is 181. The van der Waals surface area contributed by atoms with E-state index in [0.29, 0.717) is 13.0 Å². The highest BCUT2D eigenvalue weighted by atomic mass is 16.5. The van der Waals surface area contributed by atoms with Gasteiger partial charge in [0.25, 0.3) is 0 Å². The molecule has 1 fully saturated rings. The van der Waals surface area contributed by atoms with Crippen molar-refractivity contribution in [2.75, 3.05) is 33.7 Å². The summed E-state index contributed by atoms with van der Waals surface area (Å²) in [6.07, 6.45) is 2.61. The second-order valence-corrected chi connectivity index (χ2v) is 4.14. The predicted octanol–water partition coefficient (Wildman–Crippen LogP) is 0.573. The predicted molar refractivity (Wildman–Crippen MR) is 50.8 cm³/mol. The monoisotopic (exact) mass is 186 g/mol. The fourth-order valence-electron chi connectivity index (χ4n) is 1.49. The SMILES string of the molecule is C[N+](C)([O-])CCC(=O)N1CCCC1. The molecule has 0 unspecified atom stereocenters. The van der Waals surface area contributed by atoms with Crippen LogP contribution < -0.4 is 0 Å². The number of likely N-dealkylation sites (tertiary alicyclic amines) is 1. The van der Waals surface area contributed by atoms with Gasteiger partial charge in [-0.2, -0.15) is 0 Å². The highest BCUT2D eigenvalue weighted by Crippen LogP contribution is 2.09. The molecule has 13 heavy (non-hydrogen) atoms. The van der Waals surface area contributed by atoms with Crippen molar-refractivity contribution in [3.05, 3.63) is 5.21 Å². The number of hydroxylamine groups is 3. The summed E-state index contributed by atoms with van der Waals surface area (Å²) in [4.78, 5) is 13.3. The van der Waals surface area contributed by atoms with E-state index in [0.717, 1.165) is 25.9 Å². The molecule has 0 aliphatic carbocycles. The summed E-state index contributed by atoms with van der Waals surface area (Å²) >= 11 is 0. The van der Waals surface area contributed by atoms with E-state index < -0.39 is 0 Å². The zero-order valence-electron chi connectivity index (χ0n) is 8.45. The zero-order chi connectivity index (χ0) is 9.90. The van der Waals surface area contributed by atoms with Crippen LogP contribution in [0.3, 0.4) is 0 Å². The van der Waals surface area contributed by atoms with Crippen LogP contribution in [0.2, 0.25) is 0 Å². The largest absolute Gasteiger partial charge is 0.633 e. The summed E-state index contributed by atoms with van der Waals surface area (Å²) in [5, 5.41) is 11.2. The van der Waals surface area contributed by atoms with Gasteiger partial charge in [0.05, 0.1) is 27.1 Å². The molecule has 0 saturated carbocycles. The average Bonchev–Trinajstić information content (AvgIpc) is 2.50. The Balaban J connectivity index is 2.25. The van der Waals surface area contributed by atoms with E-state index in [1.54, 1.807) is 14.1 Å². The van der Waals surface area contributed by atoms with E-state index in [1.807, 2.05) is 4.90 Å². The molecule has 0 atom stereocenters. The molecule has 1 amide bonds. The van der Waals surface area contributed by atoms with Crippen LogP contribution in [0.1, 0.15) is 19.3 Å². The minimum Gasteiger partial charge on any atom is -0.633 e. The normalized spacial score (nSPS) is 17.9. The van der Waals surface area contributed by atoms with Gasteiger partial charge < -0.3 is 14.8 Å². The molecular weight excluding hydrogens is 168 g/mol. The van der Waals surface area contributed by atoms with Crippen LogP contribution in [0.15, 0.2) is 0 Å². The summed E-state index contributed by atoms with van der Waals surface area (Å²) < 4.78 is -0.375. The molecule has 0 bridgehead atoms. The summed E-state index contributed by atoms with van der Waals surface area (Å²) in [6.45, 7) is 2.14. The van der Waals surface area contributed by atoms with Gasteiger partial charge in [-0.05, 0) is 12.8 Å². The Kier molecular flexibility index (Phi) is 3.27. The number of carbonyl (C=O) groups excluding carboxylic acids is 1. The van der Waals surface area contributed by atoms with Gasteiger partial charge >= 0.3 is 0 Å². The molecule has 76 valence electrons. The van der Waals surface area contributed by atoms with Gasteiger partial charge in [0.2, 0.25) is 5.91 Å². The molecule has 0 aromatic rings. The molecule has 1 heterocycles. The number of nitrogens with zero attached hydrogens (tertiary/aromatic N) is 2. The first-order valence-electron chi connectivity index (χ1n) is 4.81. The second kappa shape index (κ2) is 4.07. The van der Waals surface area contributed by atoms with Crippen LogP contribution in [0.5, 0.6) is 0 Å². The van der Waals surface area contributed by atoms with Crippen LogP contribution in [0, 0.1) is 5.21 Å². The molecule has 4 heteroatoms. The van der Waals surface area contributed by atoms with Gasteiger partial charge in [0, 0.05) is 13.1 Å². The zero-order valence-corrected chi connectivity index (χ0v) is 8.45. The van der Waals surface area contributed by atoms with Crippen molar-refractivity contribution in [1.82, 2.24) is 4.90 Å². The van der Waals surface area contributed by atoms with Crippen molar-refractivity contribution < 1.29 is 9.44 Å². The van der Waals surface area contributed by atoms with Crippen molar-refractivity contribution in [3.63, 3.8) is 0 Å². The molecule has 0 aromatic heterocycles. The van der Waals surface area contributed by atoms with Crippen molar-refractivity contribution in [3.8, 4) is 0 Å². The highest BCUT2D eigenvalue weighted by molar-refractivity contribution is 5.76. The summed E-state index contributed by atoms with van der Waals surface area (Å²) in [5.74, 6) is 0.138. The summed E-state index contributed by atoms with van der Waals surface area (Å²) in [6, 6.07) is 0. The van der Waals surface area contributed by atoms with Crippen molar-refractivity contribution in [2.45, 2.75) is 19.3 Å². The maximum absolute atomic E-state index is 11.5. The third-order valence-corrected chi connectivity index (χ3v) is 2.32. The van der Waals surface area contributed by atoms with Crippen molar-refractivity contribution in [2.24, 2.45) is 0 Å². The third kappa shape index (κ3) is 3.74. The number of carbonyl (C=O) groups is 1. The second-order valence-electron chi connectivity index (χ2n) is 4.14. The first kappa shape index (κ1) is 10.5. The van der Waals surface area contributed by atoms with Crippen LogP contribution in [0.4, 0.5) is 0 Å². The first-order valence-corrected chi connectivity index (χ1v) is 4.81. The van der Waals surface area contributed by atoms with Gasteiger partial charge in [-0.1, -0.05) is 0 Å². The van der Waals surface area contributed by atoms with E-state index in [1.165, 1.54) is 0 Å². The fraction of sp³-hybridized carbons (Fsp3) is 0.889. The number of rotatable bonds is 3. The Hall–Kier alpha value is -0.610. The minimum absolute atomic E-state index is 0.138. The molecule has 0 spiro atoms. The molecule has 0 radical (unpaired) electrons. The lowest BCUT2D eigenvalue weighted by atomic mass is 10.3. The Morgan fingerprint density at radius 3 is 2.38 bits per heavy atom. The molecule has 0 N–H and O–H groups in total. The van der Waals surface area contributed by atoms with E-state index in [9.17, 15) is 10.0 Å². The molecule has 1 rings (SSSR count).